The van der Waals surface area contributed by atoms with Gasteiger partial charge in [-0.3, -0.25) is 4.79 Å². The largest absolute Gasteiger partial charge is 0.497 e. The summed E-state index contributed by atoms with van der Waals surface area (Å²) in [7, 11) is 1.68. The van der Waals surface area contributed by atoms with E-state index in [1.54, 1.807) is 7.11 Å². The molecule has 1 aliphatic heterocycles. The number of anilines is 2. The fourth-order valence-corrected chi connectivity index (χ4v) is 3.36. The third-order valence-electron chi connectivity index (χ3n) is 4.57. The highest BCUT2D eigenvalue weighted by molar-refractivity contribution is 7.80. The Hall–Kier alpha value is -2.60. The lowest BCUT2D eigenvalue weighted by molar-refractivity contribution is -0.117. The summed E-state index contributed by atoms with van der Waals surface area (Å²) in [5, 5.41) is 7.02. The number of benzene rings is 2. The van der Waals surface area contributed by atoms with Crippen molar-refractivity contribution in [3.63, 3.8) is 0 Å². The van der Waals surface area contributed by atoms with Crippen molar-refractivity contribution in [3.05, 3.63) is 54.1 Å². The van der Waals surface area contributed by atoms with E-state index >= 15 is 0 Å². The Morgan fingerprint density at radius 1 is 1.22 bits per heavy atom. The van der Waals surface area contributed by atoms with Gasteiger partial charge in [-0.15, -0.1) is 0 Å². The number of nitrogens with one attached hydrogen (secondary N) is 2. The number of amides is 1. The van der Waals surface area contributed by atoms with E-state index in [0.29, 0.717) is 11.5 Å². The van der Waals surface area contributed by atoms with Crippen LogP contribution in [0.1, 0.15) is 24.8 Å². The third kappa shape index (κ3) is 5.44. The third-order valence-corrected chi connectivity index (χ3v) is 4.82. The van der Waals surface area contributed by atoms with Crippen molar-refractivity contribution in [2.24, 2.45) is 0 Å². The fraction of sp³-hybridized carbons (Fsp3) is 0.333. The lowest BCUT2D eigenvalue weighted by atomic mass is 10.1. The summed E-state index contributed by atoms with van der Waals surface area (Å²) in [5.41, 5.74) is 3.11. The van der Waals surface area contributed by atoms with E-state index in [9.17, 15) is 4.79 Å². The number of thiocarbonyl (C=S) groups is 1. The van der Waals surface area contributed by atoms with Crippen LogP contribution in [0.25, 0.3) is 0 Å². The lowest BCUT2D eigenvalue weighted by Gasteiger charge is -2.16. The topological polar surface area (TPSA) is 53.6 Å². The molecule has 0 bridgehead atoms. The van der Waals surface area contributed by atoms with Gasteiger partial charge in [-0.25, -0.2) is 0 Å². The first-order valence-electron chi connectivity index (χ1n) is 9.24. The zero-order chi connectivity index (χ0) is 19.1. The maximum Gasteiger partial charge on any atom is 0.227 e. The van der Waals surface area contributed by atoms with Gasteiger partial charge in [-0.05, 0) is 73.4 Å². The first-order chi connectivity index (χ1) is 13.2. The molecular weight excluding hydrogens is 358 g/mol. The maximum atomic E-state index is 11.8. The van der Waals surface area contributed by atoms with E-state index in [0.717, 1.165) is 49.5 Å². The number of carbonyl (C=O) groups excluding carboxylic acids is 1. The second-order valence-corrected chi connectivity index (χ2v) is 6.94. The molecule has 2 aromatic carbocycles. The fourth-order valence-electron chi connectivity index (χ4n) is 3.14. The van der Waals surface area contributed by atoms with Gasteiger partial charge in [0.2, 0.25) is 5.91 Å². The molecule has 1 heterocycles. The van der Waals surface area contributed by atoms with E-state index in [1.807, 2.05) is 41.3 Å². The predicted octanol–water partition coefficient (Wildman–Crippen LogP) is 3.74. The summed E-state index contributed by atoms with van der Waals surface area (Å²) < 4.78 is 5.24. The molecule has 0 radical (unpaired) electrons. The summed E-state index contributed by atoms with van der Waals surface area (Å²) in [6, 6.07) is 15.9. The molecule has 1 saturated heterocycles. The van der Waals surface area contributed by atoms with Crippen LogP contribution in [-0.2, 0) is 11.2 Å². The van der Waals surface area contributed by atoms with E-state index < -0.39 is 0 Å². The second-order valence-electron chi connectivity index (χ2n) is 6.53. The maximum absolute atomic E-state index is 11.8. The molecule has 0 aliphatic carbocycles. The smallest absolute Gasteiger partial charge is 0.227 e. The van der Waals surface area contributed by atoms with Crippen LogP contribution in [0, 0.1) is 0 Å². The van der Waals surface area contributed by atoms with Crippen molar-refractivity contribution in [3.8, 4) is 5.75 Å². The molecular formula is C21H25N3O2S. The van der Waals surface area contributed by atoms with Gasteiger partial charge in [0.25, 0.3) is 0 Å². The van der Waals surface area contributed by atoms with Crippen molar-refractivity contribution in [2.75, 3.05) is 30.4 Å². The molecule has 0 aromatic heterocycles. The van der Waals surface area contributed by atoms with Gasteiger partial charge in [-0.1, -0.05) is 12.1 Å². The average Bonchev–Trinajstić information content (AvgIpc) is 3.12. The molecule has 1 amide bonds. The molecule has 0 saturated carbocycles. The highest BCUT2D eigenvalue weighted by Crippen LogP contribution is 2.23. The molecule has 0 spiro atoms. The number of nitrogens with zero attached hydrogens (tertiary/aromatic N) is 1. The van der Waals surface area contributed by atoms with E-state index in [-0.39, 0.29) is 5.91 Å². The standard InChI is InChI=1S/C21H25N3O2S/c1-26-19-7-2-5-16(15-19)6-3-13-22-21(27)23-17-9-11-18(12-10-17)24-14-4-8-20(24)25/h2,5,7,9-12,15H,3-4,6,8,13-14H2,1H3,(H2,22,23,27). The minimum atomic E-state index is 0.198. The molecule has 5 nitrogen and oxygen atoms in total. The van der Waals surface area contributed by atoms with Crippen molar-refractivity contribution >= 4 is 34.6 Å². The van der Waals surface area contributed by atoms with Crippen molar-refractivity contribution in [1.82, 2.24) is 5.32 Å². The van der Waals surface area contributed by atoms with Gasteiger partial charge in [-0.2, -0.15) is 0 Å². The predicted molar refractivity (Wildman–Crippen MR) is 114 cm³/mol. The molecule has 3 rings (SSSR count). The van der Waals surface area contributed by atoms with Crippen LogP contribution < -0.4 is 20.3 Å². The highest BCUT2D eigenvalue weighted by atomic mass is 32.1. The molecule has 142 valence electrons. The summed E-state index contributed by atoms with van der Waals surface area (Å²) in [5.74, 6) is 1.08. The van der Waals surface area contributed by atoms with Crippen LogP contribution in [0.2, 0.25) is 0 Å². The molecule has 0 atom stereocenters. The molecule has 1 aliphatic rings. The van der Waals surface area contributed by atoms with Crippen molar-refractivity contribution in [2.45, 2.75) is 25.7 Å². The Kier molecular flexibility index (Phi) is 6.65. The zero-order valence-corrected chi connectivity index (χ0v) is 16.3. The number of rotatable bonds is 7. The Morgan fingerprint density at radius 2 is 2.04 bits per heavy atom. The average molecular weight is 384 g/mol. The van der Waals surface area contributed by atoms with Crippen LogP contribution in [0.4, 0.5) is 11.4 Å². The van der Waals surface area contributed by atoms with Gasteiger partial charge >= 0.3 is 0 Å². The number of methoxy groups -OCH3 is 1. The van der Waals surface area contributed by atoms with E-state index in [4.69, 9.17) is 17.0 Å². The molecule has 2 N–H and O–H groups in total. The van der Waals surface area contributed by atoms with Gasteiger partial charge in [0, 0.05) is 30.9 Å². The minimum absolute atomic E-state index is 0.198. The normalized spacial score (nSPS) is 13.5. The van der Waals surface area contributed by atoms with Crippen LogP contribution >= 0.6 is 12.2 Å². The second kappa shape index (κ2) is 9.37. The van der Waals surface area contributed by atoms with Crippen LogP contribution in [0.5, 0.6) is 5.75 Å². The lowest BCUT2D eigenvalue weighted by Crippen LogP contribution is -2.29. The van der Waals surface area contributed by atoms with E-state index in [2.05, 4.69) is 22.8 Å². The summed E-state index contributed by atoms with van der Waals surface area (Å²) in [6.45, 7) is 1.60. The SMILES string of the molecule is COc1cccc(CCCNC(=S)Nc2ccc(N3CCCC3=O)cc2)c1. The van der Waals surface area contributed by atoms with Crippen molar-refractivity contribution < 1.29 is 9.53 Å². The Balaban J connectivity index is 1.40. The first-order valence-corrected chi connectivity index (χ1v) is 9.65. The zero-order valence-electron chi connectivity index (χ0n) is 15.5. The Bertz CT molecular complexity index is 792. The number of ether oxygens (including phenoxy) is 1. The quantitative estimate of drug-likeness (QED) is 0.563. The number of aryl methyl sites for hydroxylation is 1. The molecule has 0 unspecified atom stereocenters. The first kappa shape index (κ1) is 19.2. The Labute approximate surface area is 165 Å². The summed E-state index contributed by atoms with van der Waals surface area (Å²) in [6.07, 6.45) is 3.52. The van der Waals surface area contributed by atoms with E-state index in [1.165, 1.54) is 5.56 Å². The monoisotopic (exact) mass is 383 g/mol. The molecule has 27 heavy (non-hydrogen) atoms. The Morgan fingerprint density at radius 3 is 2.74 bits per heavy atom. The minimum Gasteiger partial charge on any atom is -0.497 e. The van der Waals surface area contributed by atoms with Gasteiger partial charge in [0.15, 0.2) is 5.11 Å². The molecule has 6 heteroatoms. The number of hydrogen-bond acceptors (Lipinski definition) is 3. The summed E-state index contributed by atoms with van der Waals surface area (Å²) in [4.78, 5) is 13.6. The molecule has 1 fully saturated rings. The number of hydrogen-bond donors (Lipinski definition) is 2. The van der Waals surface area contributed by atoms with Crippen LogP contribution in [0.15, 0.2) is 48.5 Å². The van der Waals surface area contributed by atoms with Gasteiger partial charge in [0.1, 0.15) is 5.75 Å². The van der Waals surface area contributed by atoms with Crippen LogP contribution in [-0.4, -0.2) is 31.2 Å². The van der Waals surface area contributed by atoms with Crippen molar-refractivity contribution in [1.29, 1.82) is 0 Å². The van der Waals surface area contributed by atoms with Crippen LogP contribution in [0.3, 0.4) is 0 Å². The number of carbonyl (C=O) groups is 1. The van der Waals surface area contributed by atoms with Gasteiger partial charge in [0.05, 0.1) is 7.11 Å². The summed E-state index contributed by atoms with van der Waals surface area (Å²) >= 11 is 5.36. The van der Waals surface area contributed by atoms with Gasteiger partial charge < -0.3 is 20.3 Å². The molecule has 2 aromatic rings. The highest BCUT2D eigenvalue weighted by Gasteiger charge is 2.21.